The molecule has 1 N–H and O–H groups in total. The highest BCUT2D eigenvalue weighted by Crippen LogP contribution is 2.40. The molecule has 2 aromatic rings. The molecule has 0 saturated heterocycles. The van der Waals surface area contributed by atoms with Crippen LogP contribution in [0.1, 0.15) is 114 Å². The summed E-state index contributed by atoms with van der Waals surface area (Å²) >= 11 is 0.520. The summed E-state index contributed by atoms with van der Waals surface area (Å²) in [4.78, 5) is 28.0. The van der Waals surface area contributed by atoms with Gasteiger partial charge < -0.3 is 4.74 Å². The fourth-order valence-corrected chi connectivity index (χ4v) is 4.64. The average Bonchev–Trinajstić information content (AvgIpc) is 3.26. The molecule has 9 heteroatoms. The highest BCUT2D eigenvalue weighted by atomic mass is 32.1. The van der Waals surface area contributed by atoms with Crippen LogP contribution in [0.25, 0.3) is 0 Å². The van der Waals surface area contributed by atoms with Gasteiger partial charge in [0.25, 0.3) is 5.91 Å². The molecule has 5 nitrogen and oxygen atoms in total. The highest BCUT2D eigenvalue weighted by Gasteiger charge is 2.39. The predicted octanol–water partition coefficient (Wildman–Crippen LogP) is 8.32. The Morgan fingerprint density at radius 3 is 2.16 bits per heavy atom. The number of benzene rings is 1. The minimum atomic E-state index is -4.80. The third-order valence-electron chi connectivity index (χ3n) is 7.09. The average molecular weight is 541 g/mol. The summed E-state index contributed by atoms with van der Waals surface area (Å²) in [7, 11) is 0. The minimum Gasteiger partial charge on any atom is -0.480 e. The molecule has 2 rings (SSSR count). The lowest BCUT2D eigenvalue weighted by Gasteiger charge is -2.31. The highest BCUT2D eigenvalue weighted by molar-refractivity contribution is 7.17. The number of hydrogen-bond donors (Lipinski definition) is 1. The number of Topliss-reactive ketones (excluding diaryl/α,β-unsaturated/α-hetero) is 1. The molecule has 0 bridgehead atoms. The lowest BCUT2D eigenvalue weighted by Crippen LogP contribution is -2.34. The van der Waals surface area contributed by atoms with E-state index in [9.17, 15) is 22.8 Å². The molecule has 37 heavy (non-hydrogen) atoms. The predicted molar refractivity (Wildman–Crippen MR) is 143 cm³/mol. The van der Waals surface area contributed by atoms with Crippen molar-refractivity contribution in [2.24, 2.45) is 0 Å². The monoisotopic (exact) mass is 540 g/mol. The summed E-state index contributed by atoms with van der Waals surface area (Å²) in [6.07, 6.45) is -2.05. The molecule has 0 saturated carbocycles. The number of nitrogens with zero attached hydrogens (tertiary/aromatic N) is 1. The van der Waals surface area contributed by atoms with Gasteiger partial charge in [0, 0.05) is 12.5 Å². The van der Waals surface area contributed by atoms with Crippen LogP contribution in [0.5, 0.6) is 5.75 Å². The molecule has 0 spiro atoms. The maximum Gasteiger partial charge on any atom is 0.435 e. The number of aromatic nitrogens is 1. The number of ketones is 1. The zero-order chi connectivity index (χ0) is 28.2. The molecule has 0 aliphatic rings. The number of carbonyl (C=O) groups excluding carboxylic acids is 2. The summed E-state index contributed by atoms with van der Waals surface area (Å²) in [6.45, 7) is 15.9. The normalized spacial score (nSPS) is 13.4. The van der Waals surface area contributed by atoms with E-state index >= 15 is 0 Å². The first kappa shape index (κ1) is 30.8. The summed E-state index contributed by atoms with van der Waals surface area (Å²) in [5.74, 6) is -0.770. The second kappa shape index (κ2) is 12.0. The summed E-state index contributed by atoms with van der Waals surface area (Å²) in [5.41, 5.74) is 0.607. The van der Waals surface area contributed by atoms with Crippen molar-refractivity contribution in [2.75, 3.05) is 5.32 Å². The van der Waals surface area contributed by atoms with Gasteiger partial charge >= 0.3 is 6.18 Å². The van der Waals surface area contributed by atoms with Crippen LogP contribution in [0.2, 0.25) is 0 Å². The number of carbonyl (C=O) groups is 2. The van der Waals surface area contributed by atoms with Gasteiger partial charge in [0.2, 0.25) is 0 Å². The topological polar surface area (TPSA) is 68.3 Å². The maximum atomic E-state index is 13.4. The van der Waals surface area contributed by atoms with Gasteiger partial charge in [-0.2, -0.15) is 13.2 Å². The van der Waals surface area contributed by atoms with Crippen molar-refractivity contribution >= 4 is 28.2 Å². The van der Waals surface area contributed by atoms with E-state index in [0.29, 0.717) is 29.9 Å². The van der Waals surface area contributed by atoms with Crippen molar-refractivity contribution in [3.63, 3.8) is 0 Å². The van der Waals surface area contributed by atoms with Gasteiger partial charge in [-0.05, 0) is 48.1 Å². The molecule has 1 aromatic carbocycles. The van der Waals surface area contributed by atoms with Crippen molar-refractivity contribution in [3.05, 3.63) is 39.9 Å². The van der Waals surface area contributed by atoms with Gasteiger partial charge in [-0.25, -0.2) is 4.98 Å². The van der Waals surface area contributed by atoms with E-state index in [0.717, 1.165) is 31.7 Å². The van der Waals surface area contributed by atoms with E-state index in [1.807, 2.05) is 19.1 Å². The number of thiazole rings is 1. The zero-order valence-corrected chi connectivity index (χ0v) is 23.9. The largest absolute Gasteiger partial charge is 0.480 e. The molecule has 1 aromatic heterocycles. The Bertz CT molecular complexity index is 1110. The molecule has 1 unspecified atom stereocenters. The van der Waals surface area contributed by atoms with Crippen LogP contribution in [0.15, 0.2) is 18.2 Å². The van der Waals surface area contributed by atoms with Gasteiger partial charge in [0.15, 0.2) is 22.7 Å². The van der Waals surface area contributed by atoms with Crippen molar-refractivity contribution < 1.29 is 27.5 Å². The Labute approximate surface area is 222 Å². The van der Waals surface area contributed by atoms with Crippen molar-refractivity contribution in [3.8, 4) is 5.75 Å². The van der Waals surface area contributed by atoms with Crippen LogP contribution in [-0.2, 0) is 21.8 Å². The van der Waals surface area contributed by atoms with E-state index in [1.165, 1.54) is 5.56 Å². The lowest BCUT2D eigenvalue weighted by molar-refractivity contribution is -0.141. The van der Waals surface area contributed by atoms with Crippen molar-refractivity contribution in [2.45, 2.75) is 111 Å². The fraction of sp³-hybridized carbons (Fsp3) is 0.607. The first-order valence-corrected chi connectivity index (χ1v) is 13.6. The number of ether oxygens (including phenoxy) is 1. The molecule has 0 aliphatic heterocycles. The molecule has 0 aliphatic carbocycles. The molecule has 1 atom stereocenters. The molecular weight excluding hydrogens is 501 g/mol. The van der Waals surface area contributed by atoms with Crippen LogP contribution in [0, 0.1) is 0 Å². The van der Waals surface area contributed by atoms with Crippen LogP contribution < -0.4 is 10.1 Å². The summed E-state index contributed by atoms with van der Waals surface area (Å²) < 4.78 is 46.4. The van der Waals surface area contributed by atoms with E-state index in [4.69, 9.17) is 4.74 Å². The standard InChI is InChI=1S/C28H39F3N2O3S/c1-9-12-13-21(24(35)33-25-32-23(28(29,30)31)22(37-25)17(4)34)36-20-15-14-18(26(5,6)10-2)16-19(20)27(7,8)11-3/h14-16,21H,9-13H2,1-8H3,(H,32,33,35). The Morgan fingerprint density at radius 1 is 1.05 bits per heavy atom. The third kappa shape index (κ3) is 7.55. The molecule has 1 heterocycles. The second-order valence-corrected chi connectivity index (χ2v) is 11.7. The molecular formula is C28H39F3N2O3S. The number of amides is 1. The van der Waals surface area contributed by atoms with Crippen LogP contribution in [-0.4, -0.2) is 22.8 Å². The Kier molecular flexibility index (Phi) is 9.96. The van der Waals surface area contributed by atoms with E-state index in [2.05, 4.69) is 57.9 Å². The van der Waals surface area contributed by atoms with Gasteiger partial charge in [0.05, 0.1) is 0 Å². The molecule has 0 radical (unpaired) electrons. The summed E-state index contributed by atoms with van der Waals surface area (Å²) in [5, 5.41) is 2.19. The SMILES string of the molecule is CCCCC(Oc1ccc(C(C)(C)CC)cc1C(C)(C)CC)C(=O)Nc1nc(C(F)(F)F)c(C(C)=O)s1. The smallest absolute Gasteiger partial charge is 0.435 e. The number of anilines is 1. The number of hydrogen-bond acceptors (Lipinski definition) is 5. The molecule has 0 fully saturated rings. The molecule has 206 valence electrons. The Hall–Kier alpha value is -2.42. The quantitative estimate of drug-likeness (QED) is 0.275. The van der Waals surface area contributed by atoms with E-state index in [-0.39, 0.29) is 16.0 Å². The fourth-order valence-electron chi connectivity index (χ4n) is 3.75. The number of rotatable bonds is 12. The van der Waals surface area contributed by atoms with Crippen LogP contribution in [0.4, 0.5) is 18.3 Å². The van der Waals surface area contributed by atoms with E-state index in [1.54, 1.807) is 0 Å². The maximum absolute atomic E-state index is 13.4. The first-order valence-electron chi connectivity index (χ1n) is 12.8. The van der Waals surface area contributed by atoms with Gasteiger partial charge in [-0.15, -0.1) is 0 Å². The van der Waals surface area contributed by atoms with Gasteiger partial charge in [0.1, 0.15) is 10.6 Å². The Balaban J connectivity index is 2.45. The van der Waals surface area contributed by atoms with Crippen molar-refractivity contribution in [1.82, 2.24) is 4.98 Å². The van der Waals surface area contributed by atoms with Crippen molar-refractivity contribution in [1.29, 1.82) is 0 Å². The number of nitrogens with one attached hydrogen (secondary N) is 1. The summed E-state index contributed by atoms with van der Waals surface area (Å²) in [6, 6.07) is 6.05. The number of unbranched alkanes of at least 4 members (excludes halogenated alkanes) is 1. The lowest BCUT2D eigenvalue weighted by atomic mass is 9.76. The second-order valence-electron chi connectivity index (χ2n) is 10.7. The number of alkyl halides is 3. The van der Waals surface area contributed by atoms with E-state index < -0.39 is 34.5 Å². The Morgan fingerprint density at radius 2 is 1.68 bits per heavy atom. The van der Waals surface area contributed by atoms with Gasteiger partial charge in [-0.1, -0.05) is 78.4 Å². The molecule has 1 amide bonds. The van der Waals surface area contributed by atoms with Crippen LogP contribution >= 0.6 is 11.3 Å². The minimum absolute atomic E-state index is 0.0362. The third-order valence-corrected chi connectivity index (χ3v) is 8.16. The number of halogens is 3. The van der Waals surface area contributed by atoms with Gasteiger partial charge in [-0.3, -0.25) is 14.9 Å². The first-order chi connectivity index (χ1) is 17.1. The zero-order valence-electron chi connectivity index (χ0n) is 23.1. The van der Waals surface area contributed by atoms with Crippen LogP contribution in [0.3, 0.4) is 0 Å².